The van der Waals surface area contributed by atoms with Gasteiger partial charge < -0.3 is 9.30 Å². The van der Waals surface area contributed by atoms with Gasteiger partial charge in [0.15, 0.2) is 5.78 Å². The van der Waals surface area contributed by atoms with E-state index in [9.17, 15) is 4.79 Å². The average Bonchev–Trinajstić information content (AvgIpc) is 2.95. The molecule has 1 heterocycles. The third-order valence-corrected chi connectivity index (χ3v) is 3.76. The molecule has 0 amide bonds. The molecule has 3 aromatic rings. The van der Waals surface area contributed by atoms with Crippen LogP contribution in [0.5, 0.6) is 0 Å². The Kier molecular flexibility index (Phi) is 4.35. The number of benzene rings is 2. The topological polar surface area (TPSA) is 31.2 Å². The number of aromatic nitrogens is 1. The van der Waals surface area contributed by atoms with Gasteiger partial charge in [0, 0.05) is 23.7 Å². The Morgan fingerprint density at radius 1 is 1.05 bits per heavy atom. The molecule has 0 aliphatic rings. The molecule has 0 atom stereocenters. The maximum atomic E-state index is 11.8. The summed E-state index contributed by atoms with van der Waals surface area (Å²) in [5.74, 6) is 0.0933. The van der Waals surface area contributed by atoms with Crippen molar-refractivity contribution in [1.29, 1.82) is 0 Å². The maximum Gasteiger partial charge on any atom is 0.161 e. The fourth-order valence-electron chi connectivity index (χ4n) is 2.66. The summed E-state index contributed by atoms with van der Waals surface area (Å²) in [5, 5.41) is 1.09. The lowest BCUT2D eigenvalue weighted by molar-refractivity contribution is 0.101. The number of ketones is 1. The number of Topliss-reactive ketones (excluding diaryl/α,β-unsaturated/α-hetero) is 1. The Balaban J connectivity index is 1.68. The van der Waals surface area contributed by atoms with Crippen LogP contribution in [0.4, 0.5) is 0 Å². The highest BCUT2D eigenvalue weighted by atomic mass is 16.5. The van der Waals surface area contributed by atoms with E-state index in [2.05, 4.69) is 16.7 Å². The molecule has 0 aliphatic carbocycles. The van der Waals surface area contributed by atoms with Crippen LogP contribution in [0, 0.1) is 0 Å². The third-order valence-electron chi connectivity index (χ3n) is 3.76. The predicted octanol–water partition coefficient (Wildman–Crippen LogP) is 4.06. The zero-order valence-corrected chi connectivity index (χ0v) is 12.7. The van der Waals surface area contributed by atoms with E-state index in [1.807, 2.05) is 48.7 Å². The molecule has 0 N–H and O–H groups in total. The van der Waals surface area contributed by atoms with Crippen molar-refractivity contribution in [3.8, 4) is 0 Å². The number of carbonyl (C=O) groups is 1. The second kappa shape index (κ2) is 6.58. The standard InChI is InChI=1S/C19H19NO2/c1-15(21)18-9-5-8-17-10-11-20(19(17)18)12-13-22-14-16-6-3-2-4-7-16/h2-11H,12-14H2,1H3. The number of hydrogen-bond donors (Lipinski definition) is 0. The van der Waals surface area contributed by atoms with E-state index in [1.165, 1.54) is 5.56 Å². The van der Waals surface area contributed by atoms with Crippen LogP contribution in [-0.2, 0) is 17.9 Å². The second-order valence-corrected chi connectivity index (χ2v) is 5.35. The van der Waals surface area contributed by atoms with Gasteiger partial charge in [-0.1, -0.05) is 42.5 Å². The molecule has 0 bridgehead atoms. The van der Waals surface area contributed by atoms with E-state index in [0.29, 0.717) is 13.2 Å². The smallest absolute Gasteiger partial charge is 0.161 e. The van der Waals surface area contributed by atoms with Gasteiger partial charge in [0.25, 0.3) is 0 Å². The van der Waals surface area contributed by atoms with Crippen molar-refractivity contribution in [2.24, 2.45) is 0 Å². The minimum Gasteiger partial charge on any atom is -0.375 e. The maximum absolute atomic E-state index is 11.8. The fourth-order valence-corrected chi connectivity index (χ4v) is 2.66. The zero-order chi connectivity index (χ0) is 15.4. The van der Waals surface area contributed by atoms with Crippen molar-refractivity contribution in [3.05, 3.63) is 71.9 Å². The Labute approximate surface area is 130 Å². The second-order valence-electron chi connectivity index (χ2n) is 5.35. The minimum absolute atomic E-state index is 0.0933. The van der Waals surface area contributed by atoms with Crippen molar-refractivity contribution in [2.75, 3.05) is 6.61 Å². The van der Waals surface area contributed by atoms with Gasteiger partial charge in [0.2, 0.25) is 0 Å². The number of para-hydroxylation sites is 1. The normalized spacial score (nSPS) is 11.0. The fraction of sp³-hybridized carbons (Fsp3) is 0.211. The van der Waals surface area contributed by atoms with Crippen molar-refractivity contribution >= 4 is 16.7 Å². The largest absolute Gasteiger partial charge is 0.375 e. The van der Waals surface area contributed by atoms with Crippen LogP contribution in [-0.4, -0.2) is 17.0 Å². The monoisotopic (exact) mass is 293 g/mol. The van der Waals surface area contributed by atoms with Crippen LogP contribution in [0.3, 0.4) is 0 Å². The molecular formula is C19H19NO2. The molecule has 0 spiro atoms. The van der Waals surface area contributed by atoms with Crippen LogP contribution in [0.25, 0.3) is 10.9 Å². The first-order chi connectivity index (χ1) is 10.8. The lowest BCUT2D eigenvalue weighted by atomic mass is 10.1. The molecule has 0 fully saturated rings. The lowest BCUT2D eigenvalue weighted by Gasteiger charge is -2.09. The van der Waals surface area contributed by atoms with Crippen molar-refractivity contribution in [2.45, 2.75) is 20.1 Å². The van der Waals surface area contributed by atoms with E-state index >= 15 is 0 Å². The van der Waals surface area contributed by atoms with E-state index in [-0.39, 0.29) is 5.78 Å². The minimum atomic E-state index is 0.0933. The summed E-state index contributed by atoms with van der Waals surface area (Å²) in [7, 11) is 0. The molecule has 22 heavy (non-hydrogen) atoms. The average molecular weight is 293 g/mol. The quantitative estimate of drug-likeness (QED) is 0.507. The summed E-state index contributed by atoms with van der Waals surface area (Å²) in [6, 6.07) is 18.0. The molecule has 0 aliphatic heterocycles. The molecule has 0 saturated carbocycles. The van der Waals surface area contributed by atoms with Gasteiger partial charge in [-0.25, -0.2) is 0 Å². The van der Waals surface area contributed by atoms with Gasteiger partial charge in [-0.05, 0) is 24.6 Å². The Bertz CT molecular complexity index is 774. The van der Waals surface area contributed by atoms with Crippen LogP contribution in [0.1, 0.15) is 22.8 Å². The number of nitrogens with zero attached hydrogens (tertiary/aromatic N) is 1. The van der Waals surface area contributed by atoms with Gasteiger partial charge in [-0.15, -0.1) is 0 Å². The summed E-state index contributed by atoms with van der Waals surface area (Å²) in [6.07, 6.45) is 2.02. The molecular weight excluding hydrogens is 274 g/mol. The molecule has 3 rings (SSSR count). The molecule has 0 radical (unpaired) electrons. The van der Waals surface area contributed by atoms with Gasteiger partial charge in [0.05, 0.1) is 18.7 Å². The zero-order valence-electron chi connectivity index (χ0n) is 12.7. The van der Waals surface area contributed by atoms with Crippen molar-refractivity contribution < 1.29 is 9.53 Å². The Morgan fingerprint density at radius 3 is 2.64 bits per heavy atom. The number of ether oxygens (including phenoxy) is 1. The number of hydrogen-bond acceptors (Lipinski definition) is 2. The van der Waals surface area contributed by atoms with Crippen molar-refractivity contribution in [1.82, 2.24) is 4.57 Å². The highest BCUT2D eigenvalue weighted by Crippen LogP contribution is 2.20. The molecule has 1 aromatic heterocycles. The van der Waals surface area contributed by atoms with Gasteiger partial charge in [-0.3, -0.25) is 4.79 Å². The summed E-state index contributed by atoms with van der Waals surface area (Å²) in [4.78, 5) is 11.8. The van der Waals surface area contributed by atoms with E-state index in [1.54, 1.807) is 6.92 Å². The molecule has 3 nitrogen and oxygen atoms in total. The SMILES string of the molecule is CC(=O)c1cccc2ccn(CCOCc3ccccc3)c12. The van der Waals surface area contributed by atoms with Crippen LogP contribution < -0.4 is 0 Å². The molecule has 112 valence electrons. The summed E-state index contributed by atoms with van der Waals surface area (Å²) >= 11 is 0. The van der Waals surface area contributed by atoms with Gasteiger partial charge in [0.1, 0.15) is 0 Å². The first-order valence-corrected chi connectivity index (χ1v) is 7.46. The van der Waals surface area contributed by atoms with Crippen LogP contribution >= 0.6 is 0 Å². The predicted molar refractivity (Wildman–Crippen MR) is 88.0 cm³/mol. The highest BCUT2D eigenvalue weighted by Gasteiger charge is 2.09. The summed E-state index contributed by atoms with van der Waals surface area (Å²) < 4.78 is 7.83. The van der Waals surface area contributed by atoms with E-state index in [0.717, 1.165) is 23.0 Å². The highest BCUT2D eigenvalue weighted by molar-refractivity contribution is 6.05. The summed E-state index contributed by atoms with van der Waals surface area (Å²) in [5.41, 5.74) is 2.94. The first-order valence-electron chi connectivity index (χ1n) is 7.46. The molecule has 3 heteroatoms. The van der Waals surface area contributed by atoms with Gasteiger partial charge >= 0.3 is 0 Å². The molecule has 2 aromatic carbocycles. The third kappa shape index (κ3) is 3.10. The first kappa shape index (κ1) is 14.5. The Hall–Kier alpha value is -2.39. The number of fused-ring (bicyclic) bond motifs is 1. The van der Waals surface area contributed by atoms with Crippen molar-refractivity contribution in [3.63, 3.8) is 0 Å². The lowest BCUT2D eigenvalue weighted by Crippen LogP contribution is -2.07. The molecule has 0 unspecified atom stereocenters. The van der Waals surface area contributed by atoms with E-state index in [4.69, 9.17) is 4.74 Å². The van der Waals surface area contributed by atoms with Crippen LogP contribution in [0.15, 0.2) is 60.8 Å². The number of rotatable bonds is 6. The van der Waals surface area contributed by atoms with E-state index < -0.39 is 0 Å². The van der Waals surface area contributed by atoms with Crippen LogP contribution in [0.2, 0.25) is 0 Å². The molecule has 0 saturated heterocycles. The summed E-state index contributed by atoms with van der Waals surface area (Å²) in [6.45, 7) is 3.57. The Morgan fingerprint density at radius 2 is 1.86 bits per heavy atom. The van der Waals surface area contributed by atoms with Gasteiger partial charge in [-0.2, -0.15) is 0 Å². The number of carbonyl (C=O) groups excluding carboxylic acids is 1.